The Morgan fingerprint density at radius 1 is 1.60 bits per heavy atom. The number of rotatable bonds is 5. The van der Waals surface area contributed by atoms with E-state index in [1.54, 1.807) is 7.11 Å². The van der Waals surface area contributed by atoms with Crippen molar-refractivity contribution >= 4 is 0 Å². The Hall–Kier alpha value is -0.120. The number of hydrogen-bond acceptors (Lipinski definition) is 3. The zero-order valence-corrected chi connectivity index (χ0v) is 7.05. The van der Waals surface area contributed by atoms with E-state index in [0.717, 1.165) is 13.0 Å². The van der Waals surface area contributed by atoms with Crippen LogP contribution in [0.1, 0.15) is 20.3 Å². The lowest BCUT2D eigenvalue weighted by Gasteiger charge is -2.17. The summed E-state index contributed by atoms with van der Waals surface area (Å²) in [5.41, 5.74) is 5.58. The highest BCUT2D eigenvalue weighted by atomic mass is 16.5. The van der Waals surface area contributed by atoms with Gasteiger partial charge >= 0.3 is 0 Å². The van der Waals surface area contributed by atoms with Crippen molar-refractivity contribution < 1.29 is 4.74 Å². The van der Waals surface area contributed by atoms with E-state index in [0.29, 0.717) is 0 Å². The van der Waals surface area contributed by atoms with Crippen LogP contribution in [0.4, 0.5) is 0 Å². The zero-order chi connectivity index (χ0) is 7.98. The predicted molar refractivity (Wildman–Crippen MR) is 42.7 cm³/mol. The number of hydrogen-bond donors (Lipinski definition) is 2. The predicted octanol–water partition coefficient (Wildman–Crippen LogP) is 0.306. The Labute approximate surface area is 62.9 Å². The van der Waals surface area contributed by atoms with Gasteiger partial charge in [-0.15, -0.1) is 0 Å². The Morgan fingerprint density at radius 3 is 2.50 bits per heavy atom. The number of nitrogens with one attached hydrogen (secondary N) is 1. The summed E-state index contributed by atoms with van der Waals surface area (Å²) in [4.78, 5) is 0. The van der Waals surface area contributed by atoms with E-state index in [1.165, 1.54) is 0 Å². The van der Waals surface area contributed by atoms with Gasteiger partial charge in [-0.05, 0) is 13.5 Å². The topological polar surface area (TPSA) is 47.3 Å². The fourth-order valence-corrected chi connectivity index (χ4v) is 0.828. The van der Waals surface area contributed by atoms with Crippen molar-refractivity contribution in [2.24, 2.45) is 5.73 Å². The molecule has 0 saturated heterocycles. The van der Waals surface area contributed by atoms with Gasteiger partial charge in [0.25, 0.3) is 0 Å². The molecule has 0 bridgehead atoms. The quantitative estimate of drug-likeness (QED) is 0.549. The highest BCUT2D eigenvalue weighted by molar-refractivity contribution is 4.60. The summed E-state index contributed by atoms with van der Waals surface area (Å²) < 4.78 is 5.11. The summed E-state index contributed by atoms with van der Waals surface area (Å²) in [5, 5.41) is 3.16. The molecule has 0 saturated carbocycles. The molecule has 2 atom stereocenters. The number of methoxy groups -OCH3 is 1. The molecule has 0 fully saturated rings. The van der Waals surface area contributed by atoms with E-state index in [4.69, 9.17) is 10.5 Å². The highest BCUT2D eigenvalue weighted by Crippen LogP contribution is 1.95. The molecule has 3 nitrogen and oxygen atoms in total. The van der Waals surface area contributed by atoms with E-state index in [2.05, 4.69) is 5.32 Å². The van der Waals surface area contributed by atoms with Crippen LogP contribution >= 0.6 is 0 Å². The molecule has 0 radical (unpaired) electrons. The van der Waals surface area contributed by atoms with Gasteiger partial charge < -0.3 is 10.5 Å². The van der Waals surface area contributed by atoms with Crippen LogP contribution in [0.25, 0.3) is 0 Å². The van der Waals surface area contributed by atoms with Crippen molar-refractivity contribution in [2.75, 3.05) is 13.7 Å². The third kappa shape index (κ3) is 4.73. The zero-order valence-electron chi connectivity index (χ0n) is 7.05. The van der Waals surface area contributed by atoms with E-state index in [-0.39, 0.29) is 12.3 Å². The number of ether oxygens (including phenoxy) is 1. The Balaban J connectivity index is 3.39. The van der Waals surface area contributed by atoms with Gasteiger partial charge in [0.1, 0.15) is 6.23 Å². The second-order valence-corrected chi connectivity index (χ2v) is 2.50. The van der Waals surface area contributed by atoms with Crippen molar-refractivity contribution in [1.82, 2.24) is 5.32 Å². The Bertz CT molecular complexity index is 76.0. The molecule has 3 heteroatoms. The molecule has 0 heterocycles. The molecule has 2 unspecified atom stereocenters. The van der Waals surface area contributed by atoms with Gasteiger partial charge in [0.2, 0.25) is 0 Å². The summed E-state index contributed by atoms with van der Waals surface area (Å²) in [6.45, 7) is 4.95. The van der Waals surface area contributed by atoms with Gasteiger partial charge in [0, 0.05) is 19.6 Å². The van der Waals surface area contributed by atoms with Crippen molar-refractivity contribution in [3.63, 3.8) is 0 Å². The molecule has 0 rings (SSSR count). The SMILES string of the molecule is CCNC(CC(C)N)OC. The second-order valence-electron chi connectivity index (χ2n) is 2.50. The largest absolute Gasteiger partial charge is 0.367 e. The van der Waals surface area contributed by atoms with Crippen molar-refractivity contribution in [1.29, 1.82) is 0 Å². The molecule has 0 aromatic carbocycles. The second kappa shape index (κ2) is 5.65. The van der Waals surface area contributed by atoms with Gasteiger partial charge in [0.15, 0.2) is 0 Å². The van der Waals surface area contributed by atoms with E-state index in [9.17, 15) is 0 Å². The van der Waals surface area contributed by atoms with E-state index in [1.807, 2.05) is 13.8 Å². The van der Waals surface area contributed by atoms with Gasteiger partial charge in [0.05, 0.1) is 0 Å². The Kier molecular flexibility index (Phi) is 5.58. The molecule has 0 aromatic rings. The van der Waals surface area contributed by atoms with Gasteiger partial charge in [-0.2, -0.15) is 0 Å². The monoisotopic (exact) mass is 146 g/mol. The standard InChI is InChI=1S/C7H18N2O/c1-4-9-7(10-3)5-6(2)8/h6-7,9H,4-5,8H2,1-3H3. The molecule has 0 aliphatic rings. The van der Waals surface area contributed by atoms with E-state index >= 15 is 0 Å². The first-order valence-electron chi connectivity index (χ1n) is 3.72. The summed E-state index contributed by atoms with van der Waals surface area (Å²) in [5.74, 6) is 0. The number of nitrogens with two attached hydrogens (primary N) is 1. The molecular weight excluding hydrogens is 128 g/mol. The first-order valence-corrected chi connectivity index (χ1v) is 3.72. The van der Waals surface area contributed by atoms with Crippen LogP contribution in [-0.4, -0.2) is 25.9 Å². The van der Waals surface area contributed by atoms with Gasteiger partial charge in [-0.3, -0.25) is 5.32 Å². The molecule has 0 spiro atoms. The molecule has 0 amide bonds. The van der Waals surface area contributed by atoms with Gasteiger partial charge in [-0.1, -0.05) is 6.92 Å². The van der Waals surface area contributed by atoms with Crippen LogP contribution in [0.15, 0.2) is 0 Å². The minimum absolute atomic E-state index is 0.116. The van der Waals surface area contributed by atoms with Crippen LogP contribution in [0.3, 0.4) is 0 Å². The Morgan fingerprint density at radius 2 is 2.20 bits per heavy atom. The lowest BCUT2D eigenvalue weighted by molar-refractivity contribution is 0.0643. The third-order valence-electron chi connectivity index (χ3n) is 1.30. The lowest BCUT2D eigenvalue weighted by Crippen LogP contribution is -2.35. The van der Waals surface area contributed by atoms with Gasteiger partial charge in [-0.25, -0.2) is 0 Å². The van der Waals surface area contributed by atoms with E-state index < -0.39 is 0 Å². The van der Waals surface area contributed by atoms with Crippen molar-refractivity contribution in [2.45, 2.75) is 32.5 Å². The molecule has 10 heavy (non-hydrogen) atoms. The fraction of sp³-hybridized carbons (Fsp3) is 1.00. The lowest BCUT2D eigenvalue weighted by atomic mass is 10.2. The molecule has 62 valence electrons. The van der Waals surface area contributed by atoms with Crippen LogP contribution in [0.2, 0.25) is 0 Å². The summed E-state index contributed by atoms with van der Waals surface area (Å²) in [6.07, 6.45) is 0.981. The van der Waals surface area contributed by atoms with Crippen LogP contribution in [0.5, 0.6) is 0 Å². The molecule has 3 N–H and O–H groups in total. The summed E-state index contributed by atoms with van der Waals surface area (Å²) in [7, 11) is 1.69. The maximum absolute atomic E-state index is 5.58. The maximum Gasteiger partial charge on any atom is 0.109 e. The average Bonchev–Trinajstić information content (AvgIpc) is 1.86. The van der Waals surface area contributed by atoms with Crippen LogP contribution < -0.4 is 11.1 Å². The molecule has 0 aliphatic heterocycles. The highest BCUT2D eigenvalue weighted by Gasteiger charge is 2.06. The third-order valence-corrected chi connectivity index (χ3v) is 1.30. The normalized spacial score (nSPS) is 16.8. The average molecular weight is 146 g/mol. The molecular formula is C7H18N2O. The minimum Gasteiger partial charge on any atom is -0.367 e. The van der Waals surface area contributed by atoms with Crippen molar-refractivity contribution in [3.8, 4) is 0 Å². The first-order chi connectivity index (χ1) is 4.70. The maximum atomic E-state index is 5.58. The molecule has 0 aromatic heterocycles. The molecule has 0 aliphatic carbocycles. The fourth-order valence-electron chi connectivity index (χ4n) is 0.828. The van der Waals surface area contributed by atoms with Crippen LogP contribution in [0, 0.1) is 0 Å². The summed E-state index contributed by atoms with van der Waals surface area (Å²) >= 11 is 0. The van der Waals surface area contributed by atoms with Crippen molar-refractivity contribution in [3.05, 3.63) is 0 Å². The summed E-state index contributed by atoms with van der Waals surface area (Å²) in [6, 6.07) is 0.198. The van der Waals surface area contributed by atoms with Crippen LogP contribution in [-0.2, 0) is 4.74 Å². The first kappa shape index (κ1) is 9.88. The smallest absolute Gasteiger partial charge is 0.109 e. The minimum atomic E-state index is 0.116.